The van der Waals surface area contributed by atoms with Gasteiger partial charge in [0.1, 0.15) is 12.7 Å². The van der Waals surface area contributed by atoms with E-state index >= 15 is 0 Å². The topological polar surface area (TPSA) is 100 Å². The number of amides is 2. The van der Waals surface area contributed by atoms with Gasteiger partial charge in [0.15, 0.2) is 0 Å². The standard InChI is InChI=1S/C19H25N5O3/c1-13(14-5-9-17(10-6-14)24-12-20-11-21-24)23(2)19(27)22-16-7-3-15(4-8-16)18(25)26/h5-6,9-13,15-16H,3-4,7-8H2,1-2H3,(H,22,27)(H,25,26). The second-order valence-electron chi connectivity index (χ2n) is 7.05. The summed E-state index contributed by atoms with van der Waals surface area (Å²) in [5.74, 6) is -1.02. The van der Waals surface area contributed by atoms with Crippen LogP contribution in [0.1, 0.15) is 44.2 Å². The van der Waals surface area contributed by atoms with Gasteiger partial charge in [0.05, 0.1) is 17.6 Å². The lowest BCUT2D eigenvalue weighted by atomic mass is 9.86. The molecule has 1 unspecified atom stereocenters. The maximum absolute atomic E-state index is 12.6. The Morgan fingerprint density at radius 1 is 1.22 bits per heavy atom. The molecule has 1 aromatic carbocycles. The van der Waals surface area contributed by atoms with Gasteiger partial charge in [-0.15, -0.1) is 0 Å². The molecule has 0 radical (unpaired) electrons. The number of rotatable bonds is 5. The molecule has 27 heavy (non-hydrogen) atoms. The van der Waals surface area contributed by atoms with E-state index in [4.69, 9.17) is 5.11 Å². The Bertz CT molecular complexity index is 767. The number of aromatic nitrogens is 3. The molecule has 144 valence electrons. The first-order chi connectivity index (χ1) is 13.0. The summed E-state index contributed by atoms with van der Waals surface area (Å²) in [5.41, 5.74) is 1.93. The largest absolute Gasteiger partial charge is 0.481 e. The van der Waals surface area contributed by atoms with Crippen molar-refractivity contribution in [1.82, 2.24) is 25.0 Å². The smallest absolute Gasteiger partial charge is 0.317 e. The van der Waals surface area contributed by atoms with Crippen LogP contribution in [0.25, 0.3) is 5.69 Å². The van der Waals surface area contributed by atoms with E-state index in [1.807, 2.05) is 31.2 Å². The zero-order valence-electron chi connectivity index (χ0n) is 15.6. The fourth-order valence-electron chi connectivity index (χ4n) is 3.41. The number of carbonyl (C=O) groups is 2. The van der Waals surface area contributed by atoms with Crippen LogP contribution >= 0.6 is 0 Å². The van der Waals surface area contributed by atoms with Crippen LogP contribution in [0.15, 0.2) is 36.9 Å². The van der Waals surface area contributed by atoms with Gasteiger partial charge in [-0.1, -0.05) is 12.1 Å². The summed E-state index contributed by atoms with van der Waals surface area (Å²) in [6, 6.07) is 7.65. The summed E-state index contributed by atoms with van der Waals surface area (Å²) in [6.07, 6.45) is 5.76. The molecule has 0 bridgehead atoms. The lowest BCUT2D eigenvalue weighted by molar-refractivity contribution is -0.142. The van der Waals surface area contributed by atoms with Crippen LogP contribution in [0, 0.1) is 5.92 Å². The molecule has 2 aromatic rings. The molecular formula is C19H25N5O3. The first kappa shape index (κ1) is 18.9. The van der Waals surface area contributed by atoms with Crippen LogP contribution in [0.5, 0.6) is 0 Å². The van der Waals surface area contributed by atoms with Crippen molar-refractivity contribution in [3.8, 4) is 5.69 Å². The number of hydrogen-bond acceptors (Lipinski definition) is 4. The van der Waals surface area contributed by atoms with Crippen LogP contribution in [0.4, 0.5) is 4.79 Å². The predicted molar refractivity (Wildman–Crippen MR) is 99.5 cm³/mol. The molecule has 2 amide bonds. The van der Waals surface area contributed by atoms with Crippen LogP contribution in [-0.2, 0) is 4.79 Å². The number of nitrogens with zero attached hydrogens (tertiary/aromatic N) is 4. The molecule has 0 spiro atoms. The quantitative estimate of drug-likeness (QED) is 0.841. The van der Waals surface area contributed by atoms with Gasteiger partial charge in [0.25, 0.3) is 0 Å². The molecule has 1 aromatic heterocycles. The molecule has 1 aliphatic rings. The molecule has 3 rings (SSSR count). The minimum Gasteiger partial charge on any atom is -0.481 e. The Morgan fingerprint density at radius 3 is 2.44 bits per heavy atom. The highest BCUT2D eigenvalue weighted by molar-refractivity contribution is 5.75. The Labute approximate surface area is 158 Å². The molecule has 1 saturated carbocycles. The minimum atomic E-state index is -0.736. The fourth-order valence-corrected chi connectivity index (χ4v) is 3.41. The van der Waals surface area contributed by atoms with Crippen molar-refractivity contribution < 1.29 is 14.7 Å². The second kappa shape index (κ2) is 8.20. The molecule has 1 atom stereocenters. The fraction of sp³-hybridized carbons (Fsp3) is 0.474. The zero-order valence-corrected chi connectivity index (χ0v) is 15.6. The molecule has 1 fully saturated rings. The molecule has 2 N–H and O–H groups in total. The molecule has 1 heterocycles. The van der Waals surface area contributed by atoms with E-state index in [9.17, 15) is 9.59 Å². The van der Waals surface area contributed by atoms with Crippen molar-refractivity contribution in [1.29, 1.82) is 0 Å². The number of aliphatic carboxylic acids is 1. The number of hydrogen-bond donors (Lipinski definition) is 2. The molecule has 1 aliphatic carbocycles. The number of nitrogens with one attached hydrogen (secondary N) is 1. The normalized spacial score (nSPS) is 20.7. The molecule has 0 saturated heterocycles. The van der Waals surface area contributed by atoms with Gasteiger partial charge in [-0.3, -0.25) is 4.79 Å². The van der Waals surface area contributed by atoms with Crippen molar-refractivity contribution in [3.05, 3.63) is 42.5 Å². The average molecular weight is 371 g/mol. The lowest BCUT2D eigenvalue weighted by Gasteiger charge is -2.31. The van der Waals surface area contributed by atoms with Crippen molar-refractivity contribution in [3.63, 3.8) is 0 Å². The SMILES string of the molecule is CC(c1ccc(-n2cncn2)cc1)N(C)C(=O)NC1CCC(C(=O)O)CC1. The number of carboxylic acid groups (broad SMARTS) is 1. The predicted octanol–water partition coefficient (Wildman–Crippen LogP) is 2.61. The Morgan fingerprint density at radius 2 is 1.89 bits per heavy atom. The van der Waals surface area contributed by atoms with Crippen molar-refractivity contribution in [2.75, 3.05) is 7.05 Å². The first-order valence-corrected chi connectivity index (χ1v) is 9.17. The molecule has 8 heteroatoms. The van der Waals surface area contributed by atoms with Gasteiger partial charge in [0, 0.05) is 13.1 Å². The van der Waals surface area contributed by atoms with Crippen molar-refractivity contribution in [2.45, 2.75) is 44.7 Å². The monoisotopic (exact) mass is 371 g/mol. The number of carboxylic acids is 1. The van der Waals surface area contributed by atoms with E-state index in [1.165, 1.54) is 6.33 Å². The summed E-state index contributed by atoms with van der Waals surface area (Å²) in [7, 11) is 1.77. The highest BCUT2D eigenvalue weighted by Crippen LogP contribution is 2.25. The molecular weight excluding hydrogens is 346 g/mol. The van der Waals surface area contributed by atoms with E-state index in [0.29, 0.717) is 25.7 Å². The number of carbonyl (C=O) groups excluding carboxylic acids is 1. The zero-order chi connectivity index (χ0) is 19.4. The van der Waals surface area contributed by atoms with Gasteiger partial charge in [-0.05, 0) is 50.3 Å². The van der Waals surface area contributed by atoms with Crippen molar-refractivity contribution >= 4 is 12.0 Å². The summed E-state index contributed by atoms with van der Waals surface area (Å²) >= 11 is 0. The van der Waals surface area contributed by atoms with Crippen molar-refractivity contribution in [2.24, 2.45) is 5.92 Å². The van der Waals surface area contributed by atoms with Gasteiger partial charge in [-0.2, -0.15) is 5.10 Å². The lowest BCUT2D eigenvalue weighted by Crippen LogP contribution is -2.45. The van der Waals surface area contributed by atoms with Crippen LogP contribution in [0.2, 0.25) is 0 Å². The van der Waals surface area contributed by atoms with E-state index in [1.54, 1.807) is 23.0 Å². The Balaban J connectivity index is 1.56. The van der Waals surface area contributed by atoms with Crippen LogP contribution < -0.4 is 5.32 Å². The Kier molecular flexibility index (Phi) is 5.73. The summed E-state index contributed by atoms with van der Waals surface area (Å²) in [6.45, 7) is 1.98. The van der Waals surface area contributed by atoms with E-state index in [-0.39, 0.29) is 24.0 Å². The number of urea groups is 1. The summed E-state index contributed by atoms with van der Waals surface area (Å²) in [4.78, 5) is 29.2. The van der Waals surface area contributed by atoms with Crippen LogP contribution in [0.3, 0.4) is 0 Å². The third-order valence-corrected chi connectivity index (χ3v) is 5.36. The maximum Gasteiger partial charge on any atom is 0.317 e. The van der Waals surface area contributed by atoms with Gasteiger partial charge in [0.2, 0.25) is 0 Å². The van der Waals surface area contributed by atoms with Crippen LogP contribution in [-0.4, -0.2) is 49.9 Å². The van der Waals surface area contributed by atoms with Gasteiger partial charge >= 0.3 is 12.0 Å². The third-order valence-electron chi connectivity index (χ3n) is 5.36. The second-order valence-corrected chi connectivity index (χ2v) is 7.05. The molecule has 8 nitrogen and oxygen atoms in total. The van der Waals surface area contributed by atoms with Gasteiger partial charge < -0.3 is 15.3 Å². The Hall–Kier alpha value is -2.90. The van der Waals surface area contributed by atoms with Gasteiger partial charge in [-0.25, -0.2) is 14.5 Å². The van der Waals surface area contributed by atoms with E-state index in [0.717, 1.165) is 11.3 Å². The number of benzene rings is 1. The molecule has 0 aliphatic heterocycles. The summed E-state index contributed by atoms with van der Waals surface area (Å²) in [5, 5.41) is 16.2. The van der Waals surface area contributed by atoms with E-state index < -0.39 is 5.97 Å². The van der Waals surface area contributed by atoms with E-state index in [2.05, 4.69) is 15.4 Å². The maximum atomic E-state index is 12.6. The average Bonchev–Trinajstić information content (AvgIpc) is 3.22. The summed E-state index contributed by atoms with van der Waals surface area (Å²) < 4.78 is 1.68. The third kappa shape index (κ3) is 4.45. The first-order valence-electron chi connectivity index (χ1n) is 9.17. The minimum absolute atomic E-state index is 0.0393. The highest BCUT2D eigenvalue weighted by atomic mass is 16.4. The highest BCUT2D eigenvalue weighted by Gasteiger charge is 2.28.